The van der Waals surface area contributed by atoms with Gasteiger partial charge in [0, 0.05) is 12.4 Å². The molecule has 0 aliphatic carbocycles. The average Bonchev–Trinajstić information content (AvgIpc) is 2.86. The molecule has 0 aromatic carbocycles. The number of rotatable bonds is 4. The fourth-order valence-corrected chi connectivity index (χ4v) is 2.63. The van der Waals surface area contributed by atoms with Gasteiger partial charge in [0.15, 0.2) is 0 Å². The molecular weight excluding hydrogens is 250 g/mol. The minimum absolute atomic E-state index is 0.0578. The minimum Gasteiger partial charge on any atom is -0.468 e. The zero-order chi connectivity index (χ0) is 12.4. The van der Waals surface area contributed by atoms with E-state index in [1.165, 1.54) is 18.7 Å². The Bertz CT molecular complexity index is 536. The van der Waals surface area contributed by atoms with E-state index in [9.17, 15) is 13.0 Å². The lowest BCUT2D eigenvalue weighted by Crippen LogP contribution is -2.07. The Morgan fingerprint density at radius 1 is 1.59 bits per heavy atom. The van der Waals surface area contributed by atoms with Crippen LogP contribution in [-0.4, -0.2) is 13.8 Å². The zero-order valence-corrected chi connectivity index (χ0v) is 9.79. The van der Waals surface area contributed by atoms with Crippen molar-refractivity contribution in [3.63, 3.8) is 0 Å². The first kappa shape index (κ1) is 12.0. The van der Waals surface area contributed by atoms with Crippen LogP contribution in [0.1, 0.15) is 18.1 Å². The van der Waals surface area contributed by atoms with E-state index in [1.54, 1.807) is 13.0 Å². The average molecular weight is 260 g/mol. The van der Waals surface area contributed by atoms with Gasteiger partial charge in [-0.15, -0.1) is 0 Å². The topological polar surface area (TPSA) is 48.0 Å². The Hall–Kier alpha value is -1.50. The molecule has 2 rings (SSSR count). The molecule has 2 aromatic heterocycles. The Kier molecular flexibility index (Phi) is 3.37. The molecule has 92 valence electrons. The van der Waals surface area contributed by atoms with E-state index in [4.69, 9.17) is 4.42 Å². The largest absolute Gasteiger partial charge is 0.468 e. The Balaban J connectivity index is 2.19. The molecular formula is C10H10F2N2O2S. The summed E-state index contributed by atoms with van der Waals surface area (Å²) in [4.78, 5) is 4.28. The molecule has 0 aliphatic heterocycles. The van der Waals surface area contributed by atoms with Crippen molar-refractivity contribution in [1.82, 2.24) is 9.55 Å². The van der Waals surface area contributed by atoms with Crippen LogP contribution in [-0.2, 0) is 16.6 Å². The van der Waals surface area contributed by atoms with Gasteiger partial charge in [-0.25, -0.2) is 4.98 Å². The van der Waals surface area contributed by atoms with Crippen molar-refractivity contribution in [2.75, 3.05) is 0 Å². The third-order valence-corrected chi connectivity index (χ3v) is 3.71. The van der Waals surface area contributed by atoms with E-state index >= 15 is 0 Å². The third-order valence-electron chi connectivity index (χ3n) is 2.28. The van der Waals surface area contributed by atoms with E-state index in [1.807, 2.05) is 0 Å². The minimum atomic E-state index is -2.67. The molecule has 0 saturated carbocycles. The van der Waals surface area contributed by atoms with Crippen molar-refractivity contribution in [2.24, 2.45) is 0 Å². The lowest BCUT2D eigenvalue weighted by Gasteiger charge is -2.05. The number of aromatic nitrogens is 2. The van der Waals surface area contributed by atoms with Gasteiger partial charge in [-0.2, -0.15) is 8.78 Å². The Morgan fingerprint density at radius 3 is 2.94 bits per heavy atom. The molecule has 2 aromatic rings. The highest BCUT2D eigenvalue weighted by Gasteiger charge is 2.16. The summed E-state index contributed by atoms with van der Waals surface area (Å²) >= 11 is 0. The van der Waals surface area contributed by atoms with Gasteiger partial charge in [-0.1, -0.05) is 0 Å². The Morgan fingerprint density at radius 2 is 2.35 bits per heavy atom. The predicted octanol–water partition coefficient (Wildman–Crippen LogP) is 2.49. The summed E-state index contributed by atoms with van der Waals surface area (Å²) in [6.45, 7) is -0.998. The number of aryl methyl sites for hydroxylation is 1. The normalized spacial score (nSPS) is 13.2. The molecule has 1 atom stereocenters. The second-order valence-corrected chi connectivity index (χ2v) is 4.78. The van der Waals surface area contributed by atoms with E-state index in [-0.39, 0.29) is 11.6 Å². The van der Waals surface area contributed by atoms with Crippen molar-refractivity contribution < 1.29 is 17.4 Å². The fourth-order valence-electron chi connectivity index (χ4n) is 1.44. The standard InChI is InChI=1S/C10H10F2N2O2S/c1-7-8(2-5-16-7)17(15)6-9-13-3-4-14(9)10(11)12/h2-5,10H,6H2,1H3. The number of halogens is 2. The second-order valence-electron chi connectivity index (χ2n) is 3.36. The van der Waals surface area contributed by atoms with Gasteiger partial charge in [0.2, 0.25) is 0 Å². The van der Waals surface area contributed by atoms with Crippen LogP contribution in [0.4, 0.5) is 8.78 Å². The van der Waals surface area contributed by atoms with Crippen molar-refractivity contribution in [2.45, 2.75) is 24.1 Å². The van der Waals surface area contributed by atoms with Crippen LogP contribution >= 0.6 is 0 Å². The van der Waals surface area contributed by atoms with Crippen LogP contribution < -0.4 is 0 Å². The molecule has 1 unspecified atom stereocenters. The summed E-state index contributed by atoms with van der Waals surface area (Å²) in [5.41, 5.74) is 0. The zero-order valence-electron chi connectivity index (χ0n) is 8.97. The predicted molar refractivity (Wildman–Crippen MR) is 57.0 cm³/mol. The van der Waals surface area contributed by atoms with Gasteiger partial charge in [-0.05, 0) is 13.0 Å². The first-order valence-electron chi connectivity index (χ1n) is 4.82. The van der Waals surface area contributed by atoms with E-state index in [0.29, 0.717) is 15.2 Å². The maximum absolute atomic E-state index is 12.5. The molecule has 17 heavy (non-hydrogen) atoms. The summed E-state index contributed by atoms with van der Waals surface area (Å²) < 4.78 is 42.7. The highest BCUT2D eigenvalue weighted by Crippen LogP contribution is 2.19. The van der Waals surface area contributed by atoms with E-state index in [0.717, 1.165) is 0 Å². The number of furan rings is 1. The summed E-state index contributed by atoms with van der Waals surface area (Å²) in [7, 11) is -1.43. The number of hydrogen-bond donors (Lipinski definition) is 0. The van der Waals surface area contributed by atoms with Crippen LogP contribution in [0.25, 0.3) is 0 Å². The molecule has 2 heterocycles. The van der Waals surface area contributed by atoms with Crippen LogP contribution in [0.15, 0.2) is 34.0 Å². The molecule has 0 fully saturated rings. The highest BCUT2D eigenvalue weighted by molar-refractivity contribution is 7.84. The van der Waals surface area contributed by atoms with E-state index < -0.39 is 17.3 Å². The third kappa shape index (κ3) is 2.44. The van der Waals surface area contributed by atoms with Gasteiger partial charge in [0.1, 0.15) is 11.6 Å². The quantitative estimate of drug-likeness (QED) is 0.848. The van der Waals surface area contributed by atoms with Crippen molar-refractivity contribution in [3.8, 4) is 0 Å². The number of hydrogen-bond acceptors (Lipinski definition) is 3. The monoisotopic (exact) mass is 260 g/mol. The van der Waals surface area contributed by atoms with Gasteiger partial charge in [0.25, 0.3) is 0 Å². The van der Waals surface area contributed by atoms with Gasteiger partial charge >= 0.3 is 6.55 Å². The summed E-state index contributed by atoms with van der Waals surface area (Å²) in [5.74, 6) is 0.565. The molecule has 0 N–H and O–H groups in total. The number of nitrogens with zero attached hydrogens (tertiary/aromatic N) is 2. The summed E-state index contributed by atoms with van der Waals surface area (Å²) in [6, 6.07) is 1.57. The van der Waals surface area contributed by atoms with Gasteiger partial charge in [0.05, 0.1) is 27.7 Å². The molecule has 0 aliphatic rings. The molecule has 0 amide bonds. The van der Waals surface area contributed by atoms with Crippen LogP contribution in [0.2, 0.25) is 0 Å². The second kappa shape index (κ2) is 4.79. The maximum Gasteiger partial charge on any atom is 0.319 e. The first-order valence-corrected chi connectivity index (χ1v) is 6.14. The van der Waals surface area contributed by atoms with Crippen molar-refractivity contribution in [1.29, 1.82) is 0 Å². The van der Waals surface area contributed by atoms with Gasteiger partial charge in [-0.3, -0.25) is 8.78 Å². The lowest BCUT2D eigenvalue weighted by atomic mass is 10.5. The molecule has 0 saturated heterocycles. The Labute approximate surface area is 98.7 Å². The molecule has 7 heteroatoms. The lowest BCUT2D eigenvalue weighted by molar-refractivity contribution is 0.0677. The van der Waals surface area contributed by atoms with Crippen LogP contribution in [0, 0.1) is 6.92 Å². The molecule has 0 radical (unpaired) electrons. The van der Waals surface area contributed by atoms with Crippen LogP contribution in [0.3, 0.4) is 0 Å². The maximum atomic E-state index is 12.5. The highest BCUT2D eigenvalue weighted by atomic mass is 32.2. The van der Waals surface area contributed by atoms with Crippen LogP contribution in [0.5, 0.6) is 0 Å². The number of imidazole rings is 1. The molecule has 0 bridgehead atoms. The fraction of sp³-hybridized carbons (Fsp3) is 0.300. The molecule has 0 spiro atoms. The van der Waals surface area contributed by atoms with Crippen molar-refractivity contribution >= 4 is 10.8 Å². The summed E-state index contributed by atoms with van der Waals surface area (Å²) in [5, 5.41) is 0. The molecule has 4 nitrogen and oxygen atoms in total. The van der Waals surface area contributed by atoms with E-state index in [2.05, 4.69) is 4.98 Å². The first-order chi connectivity index (χ1) is 8.09. The summed E-state index contributed by atoms with van der Waals surface area (Å²) in [6.07, 6.45) is 3.85. The smallest absolute Gasteiger partial charge is 0.319 e. The van der Waals surface area contributed by atoms with Crippen molar-refractivity contribution in [3.05, 3.63) is 36.3 Å². The number of alkyl halides is 2. The van der Waals surface area contributed by atoms with Gasteiger partial charge < -0.3 is 4.42 Å². The SMILES string of the molecule is Cc1occc1S(=O)Cc1nccn1C(F)F.